The third-order valence-corrected chi connectivity index (χ3v) is 16.4. The highest BCUT2D eigenvalue weighted by Crippen LogP contribution is 2.55. The Morgan fingerprint density at radius 2 is 0.958 bits per heavy atom. The first-order valence-corrected chi connectivity index (χ1v) is 20.1. The van der Waals surface area contributed by atoms with E-state index in [-0.39, 0.29) is 5.66 Å². The van der Waals surface area contributed by atoms with Crippen LogP contribution in [0.3, 0.4) is 0 Å². The zero-order valence-corrected chi connectivity index (χ0v) is 28.4. The van der Waals surface area contributed by atoms with E-state index in [1.807, 2.05) is 121 Å². The van der Waals surface area contributed by atoms with E-state index in [0.29, 0.717) is 6.42 Å². The molecular formula is C44H36O2P2. The fourth-order valence-corrected chi connectivity index (χ4v) is 13.8. The third-order valence-electron chi connectivity index (χ3n) is 9.85. The highest BCUT2D eigenvalue weighted by molar-refractivity contribution is 7.85. The van der Waals surface area contributed by atoms with Gasteiger partial charge in [0.2, 0.25) is 0 Å². The van der Waals surface area contributed by atoms with Crippen LogP contribution in [0.4, 0.5) is 0 Å². The van der Waals surface area contributed by atoms with E-state index < -0.39 is 14.3 Å². The molecule has 234 valence electrons. The lowest BCUT2D eigenvalue weighted by molar-refractivity contribution is 0.583. The Morgan fingerprint density at radius 1 is 0.458 bits per heavy atom. The summed E-state index contributed by atoms with van der Waals surface area (Å²) in [5.74, 6) is 0. The smallest absolute Gasteiger partial charge is 0.171 e. The molecule has 0 fully saturated rings. The minimum atomic E-state index is -3.42. The van der Waals surface area contributed by atoms with E-state index in [1.54, 1.807) is 0 Å². The average molecular weight is 659 g/mol. The Morgan fingerprint density at radius 3 is 1.54 bits per heavy atom. The van der Waals surface area contributed by atoms with Crippen molar-refractivity contribution in [3.8, 4) is 0 Å². The lowest BCUT2D eigenvalue weighted by Gasteiger charge is -2.34. The van der Waals surface area contributed by atoms with Crippen LogP contribution in [0.1, 0.15) is 24.8 Å². The van der Waals surface area contributed by atoms with Crippen LogP contribution >= 0.6 is 14.3 Å². The van der Waals surface area contributed by atoms with Crippen LogP contribution in [0.25, 0.3) is 23.8 Å². The maximum atomic E-state index is 16.3. The normalized spacial score (nSPS) is 15.7. The van der Waals surface area contributed by atoms with Crippen molar-refractivity contribution in [2.75, 3.05) is 0 Å². The summed E-state index contributed by atoms with van der Waals surface area (Å²) in [6, 6.07) is 52.6. The van der Waals surface area contributed by atoms with E-state index in [0.717, 1.165) is 71.4 Å². The molecular weight excluding hydrogens is 622 g/mol. The maximum Gasteiger partial charge on any atom is 0.171 e. The van der Waals surface area contributed by atoms with Crippen LogP contribution in [0.15, 0.2) is 158 Å². The summed E-state index contributed by atoms with van der Waals surface area (Å²) < 4.78 is 32.6. The topological polar surface area (TPSA) is 34.1 Å². The molecule has 2 aliphatic rings. The Labute approximate surface area is 281 Å². The van der Waals surface area contributed by atoms with Crippen LogP contribution < -0.4 is 47.4 Å². The van der Waals surface area contributed by atoms with Gasteiger partial charge in [-0.1, -0.05) is 170 Å². The molecule has 2 nitrogen and oxygen atoms in total. The summed E-state index contributed by atoms with van der Waals surface area (Å²) in [5, 5.41) is 8.46. The summed E-state index contributed by atoms with van der Waals surface area (Å²) in [7, 11) is -6.73. The summed E-state index contributed by atoms with van der Waals surface area (Å²) in [6.45, 7) is 0. The number of hydrogen-bond acceptors (Lipinski definition) is 2. The predicted octanol–water partition coefficient (Wildman–Crippen LogP) is 5.45. The fourth-order valence-electron chi connectivity index (χ4n) is 7.63. The highest BCUT2D eigenvalue weighted by atomic mass is 31.2. The summed E-state index contributed by atoms with van der Waals surface area (Å²) in [5.41, 5.74) is 1.62. The van der Waals surface area contributed by atoms with Gasteiger partial charge in [0.1, 0.15) is 0 Å². The summed E-state index contributed by atoms with van der Waals surface area (Å²) in [6.07, 6.45) is 9.31. The summed E-state index contributed by atoms with van der Waals surface area (Å²) >= 11 is 0. The van der Waals surface area contributed by atoms with E-state index in [9.17, 15) is 0 Å². The molecule has 0 spiro atoms. The van der Waals surface area contributed by atoms with Crippen LogP contribution in [0, 0.1) is 0 Å². The SMILES string of the molecule is O=P(c1ccccc1)(c1ccccc1)c1ccc2c(c1C1=c3ccccc3=CC[C@@H]1P(=O)(c1ccccc1)c1ccccc1)=CCCC=2. The number of benzene rings is 6. The molecule has 0 amide bonds. The molecule has 0 radical (unpaired) electrons. The van der Waals surface area contributed by atoms with Crippen molar-refractivity contribution in [1.82, 2.24) is 0 Å². The lowest BCUT2D eigenvalue weighted by atomic mass is 9.90. The van der Waals surface area contributed by atoms with Crippen molar-refractivity contribution in [2.24, 2.45) is 0 Å². The number of fused-ring (bicyclic) bond motifs is 2. The molecule has 0 saturated carbocycles. The van der Waals surface area contributed by atoms with Gasteiger partial charge >= 0.3 is 0 Å². The summed E-state index contributed by atoms with van der Waals surface area (Å²) in [4.78, 5) is 0. The van der Waals surface area contributed by atoms with Gasteiger partial charge in [0.05, 0.1) is 5.66 Å². The van der Waals surface area contributed by atoms with Crippen molar-refractivity contribution in [1.29, 1.82) is 0 Å². The standard InChI is InChI=1S/C44H36O2P2/c45-47(35-19-5-1-6-20-35,36-21-7-2-8-22-36)41-31-29-33-17-13-15-27-39(33)43(41)44-40-28-16-14-18-34(40)30-32-42(44)48(46,37-23-9-3-10-24-37)38-25-11-4-12-26-38/h1-13,15,17-30,32,41H,14,16,31H2/t41-/m0/s1. The first-order chi connectivity index (χ1) is 23.6. The lowest BCUT2D eigenvalue weighted by Crippen LogP contribution is -2.45. The molecule has 48 heavy (non-hydrogen) atoms. The van der Waals surface area contributed by atoms with Gasteiger partial charge in [-0.2, -0.15) is 0 Å². The molecule has 0 unspecified atom stereocenters. The number of hydrogen-bond donors (Lipinski definition) is 0. The van der Waals surface area contributed by atoms with Crippen molar-refractivity contribution >= 4 is 64.6 Å². The predicted molar refractivity (Wildman–Crippen MR) is 204 cm³/mol. The molecule has 0 aliphatic heterocycles. The molecule has 2 aliphatic carbocycles. The molecule has 0 N–H and O–H groups in total. The maximum absolute atomic E-state index is 16.3. The fraction of sp³-hybridized carbons (Fsp3) is 0.0909. The van der Waals surface area contributed by atoms with Crippen molar-refractivity contribution < 1.29 is 9.13 Å². The molecule has 0 saturated heterocycles. The quantitative estimate of drug-likeness (QED) is 0.214. The zero-order chi connectivity index (χ0) is 32.6. The first kappa shape index (κ1) is 30.6. The van der Waals surface area contributed by atoms with Crippen molar-refractivity contribution in [2.45, 2.75) is 24.9 Å². The van der Waals surface area contributed by atoms with Gasteiger partial charge in [-0.15, -0.1) is 0 Å². The zero-order valence-electron chi connectivity index (χ0n) is 26.7. The van der Waals surface area contributed by atoms with E-state index in [1.165, 1.54) is 0 Å². The highest BCUT2D eigenvalue weighted by Gasteiger charge is 2.42. The Bertz CT molecular complexity index is 2390. The Kier molecular flexibility index (Phi) is 8.09. The van der Waals surface area contributed by atoms with Gasteiger partial charge < -0.3 is 9.13 Å². The van der Waals surface area contributed by atoms with Gasteiger partial charge in [-0.25, -0.2) is 0 Å². The number of rotatable bonds is 7. The van der Waals surface area contributed by atoms with Crippen molar-refractivity contribution in [3.63, 3.8) is 0 Å². The molecule has 6 aromatic rings. The first-order valence-electron chi connectivity index (χ1n) is 16.7. The molecule has 0 bridgehead atoms. The van der Waals surface area contributed by atoms with Crippen LogP contribution in [0.5, 0.6) is 0 Å². The minimum absolute atomic E-state index is 0.377. The van der Waals surface area contributed by atoms with E-state index in [4.69, 9.17) is 0 Å². The molecule has 8 rings (SSSR count). The van der Waals surface area contributed by atoms with Crippen LogP contribution in [0.2, 0.25) is 0 Å². The third kappa shape index (κ3) is 5.03. The van der Waals surface area contributed by atoms with Gasteiger partial charge in [0.15, 0.2) is 14.3 Å². The Hall–Kier alpha value is -4.74. The van der Waals surface area contributed by atoms with Gasteiger partial charge in [-0.3, -0.25) is 0 Å². The largest absolute Gasteiger partial charge is 0.313 e. The second kappa shape index (κ2) is 12.7. The monoisotopic (exact) mass is 658 g/mol. The molecule has 0 aromatic heterocycles. The van der Waals surface area contributed by atoms with Crippen LogP contribution in [-0.2, 0) is 9.13 Å². The molecule has 1 atom stereocenters. The molecule has 4 heteroatoms. The van der Waals surface area contributed by atoms with Crippen LogP contribution in [-0.4, -0.2) is 5.66 Å². The van der Waals surface area contributed by atoms with Gasteiger partial charge in [0.25, 0.3) is 0 Å². The second-order valence-corrected chi connectivity index (χ2v) is 18.2. The van der Waals surface area contributed by atoms with Gasteiger partial charge in [-0.05, 0) is 57.3 Å². The minimum Gasteiger partial charge on any atom is -0.313 e. The molecule has 0 heterocycles. The second-order valence-electron chi connectivity index (χ2n) is 12.5. The molecule has 6 aromatic carbocycles. The Balaban J connectivity index is 1.55. The van der Waals surface area contributed by atoms with Crippen molar-refractivity contribution in [3.05, 3.63) is 184 Å². The van der Waals surface area contributed by atoms with E-state index >= 15 is 9.13 Å². The average Bonchev–Trinajstić information content (AvgIpc) is 3.18. The van der Waals surface area contributed by atoms with E-state index in [2.05, 4.69) is 54.6 Å². The van der Waals surface area contributed by atoms with Gasteiger partial charge in [0, 0.05) is 26.5 Å².